The Bertz CT molecular complexity index is 615. The average Bonchev–Trinajstić information content (AvgIpc) is 2.39. The zero-order valence-corrected chi connectivity index (χ0v) is 10.4. The van der Waals surface area contributed by atoms with Crippen LogP contribution in [0.3, 0.4) is 0 Å². The van der Waals surface area contributed by atoms with Gasteiger partial charge in [-0.25, -0.2) is 8.78 Å². The van der Waals surface area contributed by atoms with Gasteiger partial charge in [0, 0.05) is 19.3 Å². The van der Waals surface area contributed by atoms with Crippen molar-refractivity contribution in [3.63, 3.8) is 0 Å². The third-order valence-corrected chi connectivity index (χ3v) is 2.86. The number of anilines is 1. The fourth-order valence-corrected chi connectivity index (χ4v) is 1.84. The Kier molecular flexibility index (Phi) is 3.76. The van der Waals surface area contributed by atoms with Crippen LogP contribution < -0.4 is 4.90 Å². The molecule has 0 spiro atoms. The first-order valence-corrected chi connectivity index (χ1v) is 5.75. The molecule has 4 heteroatoms. The minimum absolute atomic E-state index is 0.305. The molecule has 0 heterocycles. The Balaban J connectivity index is 2.23. The smallest absolute Gasteiger partial charge is 0.123 e. The maximum absolute atomic E-state index is 13.2. The van der Waals surface area contributed by atoms with E-state index in [0.717, 1.165) is 5.69 Å². The molecule has 0 fully saturated rings. The van der Waals surface area contributed by atoms with Crippen molar-refractivity contribution in [3.8, 4) is 6.07 Å². The van der Waals surface area contributed by atoms with Crippen LogP contribution in [0.2, 0.25) is 0 Å². The molecule has 0 aromatic heterocycles. The summed E-state index contributed by atoms with van der Waals surface area (Å²) in [6, 6.07) is 12.1. The van der Waals surface area contributed by atoms with E-state index in [0.29, 0.717) is 17.7 Å². The minimum atomic E-state index is -0.374. The Morgan fingerprint density at radius 2 is 1.68 bits per heavy atom. The van der Waals surface area contributed by atoms with Crippen LogP contribution in [-0.4, -0.2) is 7.05 Å². The Morgan fingerprint density at radius 3 is 2.32 bits per heavy atom. The Morgan fingerprint density at radius 1 is 1.05 bits per heavy atom. The van der Waals surface area contributed by atoms with E-state index in [1.807, 2.05) is 11.0 Å². The number of hydrogen-bond donors (Lipinski definition) is 0. The zero-order valence-electron chi connectivity index (χ0n) is 10.4. The van der Waals surface area contributed by atoms with E-state index in [1.165, 1.54) is 30.3 Å². The van der Waals surface area contributed by atoms with Gasteiger partial charge in [-0.2, -0.15) is 5.26 Å². The minimum Gasteiger partial charge on any atom is -0.370 e. The fraction of sp³-hybridized carbons (Fsp3) is 0.133. The lowest BCUT2D eigenvalue weighted by molar-refractivity contribution is 0.624. The fourth-order valence-electron chi connectivity index (χ4n) is 1.84. The topological polar surface area (TPSA) is 27.0 Å². The molecule has 2 rings (SSSR count). The van der Waals surface area contributed by atoms with Gasteiger partial charge >= 0.3 is 0 Å². The second-order valence-corrected chi connectivity index (χ2v) is 4.25. The number of halogens is 2. The van der Waals surface area contributed by atoms with E-state index >= 15 is 0 Å². The molecule has 0 saturated heterocycles. The lowest BCUT2D eigenvalue weighted by Gasteiger charge is -2.20. The maximum atomic E-state index is 13.2. The van der Waals surface area contributed by atoms with Gasteiger partial charge in [0.15, 0.2) is 0 Å². The van der Waals surface area contributed by atoms with Crippen molar-refractivity contribution >= 4 is 5.69 Å². The van der Waals surface area contributed by atoms with E-state index in [2.05, 4.69) is 0 Å². The molecule has 0 N–H and O–H groups in total. The molecule has 0 saturated carbocycles. The van der Waals surface area contributed by atoms with Gasteiger partial charge in [0.2, 0.25) is 0 Å². The summed E-state index contributed by atoms with van der Waals surface area (Å²) in [6.07, 6.45) is 0. The van der Waals surface area contributed by atoms with Gasteiger partial charge < -0.3 is 4.90 Å². The van der Waals surface area contributed by atoms with Crippen LogP contribution >= 0.6 is 0 Å². The molecule has 2 nitrogen and oxygen atoms in total. The monoisotopic (exact) mass is 258 g/mol. The van der Waals surface area contributed by atoms with Crippen LogP contribution in [0.1, 0.15) is 11.1 Å². The first-order valence-electron chi connectivity index (χ1n) is 5.75. The molecule has 0 aliphatic rings. The summed E-state index contributed by atoms with van der Waals surface area (Å²) in [4.78, 5) is 1.83. The van der Waals surface area contributed by atoms with Crippen LogP contribution in [0.5, 0.6) is 0 Å². The zero-order chi connectivity index (χ0) is 13.8. The van der Waals surface area contributed by atoms with Gasteiger partial charge in [0.25, 0.3) is 0 Å². The van der Waals surface area contributed by atoms with E-state index in [4.69, 9.17) is 5.26 Å². The molecule has 19 heavy (non-hydrogen) atoms. The molecule has 0 radical (unpaired) electrons. The number of nitriles is 1. The quantitative estimate of drug-likeness (QED) is 0.842. The van der Waals surface area contributed by atoms with Crippen LogP contribution in [-0.2, 0) is 6.54 Å². The molecular formula is C15H12F2N2. The van der Waals surface area contributed by atoms with Gasteiger partial charge in [0.1, 0.15) is 11.6 Å². The highest BCUT2D eigenvalue weighted by Gasteiger charge is 2.08. The summed E-state index contributed by atoms with van der Waals surface area (Å²) in [5, 5.41) is 8.99. The average molecular weight is 258 g/mol. The highest BCUT2D eigenvalue weighted by Crippen LogP contribution is 2.18. The Labute approximate surface area is 110 Å². The van der Waals surface area contributed by atoms with Crippen molar-refractivity contribution in [1.82, 2.24) is 0 Å². The molecule has 2 aromatic rings. The number of nitrogens with zero attached hydrogens (tertiary/aromatic N) is 2. The van der Waals surface area contributed by atoms with E-state index in [-0.39, 0.29) is 11.6 Å². The van der Waals surface area contributed by atoms with Crippen LogP contribution in [0.15, 0.2) is 42.5 Å². The van der Waals surface area contributed by atoms with Crippen molar-refractivity contribution in [2.24, 2.45) is 0 Å². The number of benzene rings is 2. The van der Waals surface area contributed by atoms with Crippen molar-refractivity contribution in [1.29, 1.82) is 5.26 Å². The van der Waals surface area contributed by atoms with Crippen molar-refractivity contribution in [2.45, 2.75) is 6.54 Å². The van der Waals surface area contributed by atoms with Gasteiger partial charge in [-0.1, -0.05) is 0 Å². The second kappa shape index (κ2) is 5.49. The largest absolute Gasteiger partial charge is 0.370 e. The highest BCUT2D eigenvalue weighted by atomic mass is 19.1. The summed E-state index contributed by atoms with van der Waals surface area (Å²) in [5.41, 5.74) is 1.85. The molecule has 0 bridgehead atoms. The third kappa shape index (κ3) is 3.08. The highest BCUT2D eigenvalue weighted by molar-refractivity contribution is 5.48. The summed E-state index contributed by atoms with van der Waals surface area (Å²) < 4.78 is 26.0. The lowest BCUT2D eigenvalue weighted by atomic mass is 10.1. The predicted molar refractivity (Wildman–Crippen MR) is 69.6 cm³/mol. The summed E-state index contributed by atoms with van der Waals surface area (Å²) in [6.45, 7) is 0.381. The number of hydrogen-bond acceptors (Lipinski definition) is 2. The third-order valence-electron chi connectivity index (χ3n) is 2.86. The van der Waals surface area contributed by atoms with Gasteiger partial charge in [-0.3, -0.25) is 0 Å². The van der Waals surface area contributed by atoms with Crippen molar-refractivity contribution < 1.29 is 8.78 Å². The normalized spacial score (nSPS) is 10.0. The van der Waals surface area contributed by atoms with Crippen molar-refractivity contribution in [3.05, 3.63) is 65.2 Å². The SMILES string of the molecule is CN(Cc1cc(F)ccc1C#N)c1ccc(F)cc1. The van der Waals surface area contributed by atoms with E-state index in [1.54, 1.807) is 19.2 Å². The van der Waals surface area contributed by atoms with Gasteiger partial charge in [0.05, 0.1) is 11.6 Å². The molecule has 0 atom stereocenters. The number of rotatable bonds is 3. The first-order chi connectivity index (χ1) is 9.10. The van der Waals surface area contributed by atoms with Crippen molar-refractivity contribution in [2.75, 3.05) is 11.9 Å². The molecule has 0 aliphatic heterocycles. The van der Waals surface area contributed by atoms with Gasteiger partial charge in [-0.15, -0.1) is 0 Å². The van der Waals surface area contributed by atoms with Crippen LogP contribution in [0.25, 0.3) is 0 Å². The lowest BCUT2D eigenvalue weighted by Crippen LogP contribution is -2.17. The molecule has 0 amide bonds. The second-order valence-electron chi connectivity index (χ2n) is 4.25. The summed E-state index contributed by atoms with van der Waals surface area (Å²) in [5.74, 6) is -0.679. The standard InChI is InChI=1S/C15H12F2N2/c1-19(15-6-4-13(16)5-7-15)10-12-8-14(17)3-2-11(12)9-18/h2-8H,10H2,1H3. The van der Waals surface area contributed by atoms with Crippen LogP contribution in [0.4, 0.5) is 14.5 Å². The molecule has 2 aromatic carbocycles. The van der Waals surface area contributed by atoms with Gasteiger partial charge in [-0.05, 0) is 48.0 Å². The van der Waals surface area contributed by atoms with Crippen LogP contribution in [0, 0.1) is 23.0 Å². The predicted octanol–water partition coefficient (Wildman–Crippen LogP) is 3.47. The summed E-state index contributed by atoms with van der Waals surface area (Å²) in [7, 11) is 1.80. The molecular weight excluding hydrogens is 246 g/mol. The van der Waals surface area contributed by atoms with E-state index in [9.17, 15) is 8.78 Å². The van der Waals surface area contributed by atoms with E-state index < -0.39 is 0 Å². The molecule has 96 valence electrons. The molecule has 0 unspecified atom stereocenters. The maximum Gasteiger partial charge on any atom is 0.123 e. The Hall–Kier alpha value is -2.41. The first kappa shape index (κ1) is 13.0. The molecule has 0 aliphatic carbocycles. The summed E-state index contributed by atoms with van der Waals surface area (Å²) >= 11 is 0.